The van der Waals surface area contributed by atoms with Gasteiger partial charge >= 0.3 is 6.01 Å². The van der Waals surface area contributed by atoms with E-state index in [1.54, 1.807) is 35.3 Å². The first kappa shape index (κ1) is 12.3. The first-order valence-corrected chi connectivity index (χ1v) is 7.21. The molecule has 100 valence electrons. The van der Waals surface area contributed by atoms with E-state index < -0.39 is 0 Å². The molecular weight excluding hydrogens is 262 g/mol. The fourth-order valence-corrected chi connectivity index (χ4v) is 2.83. The van der Waals surface area contributed by atoms with Gasteiger partial charge in [0.1, 0.15) is 5.51 Å². The molecule has 3 heterocycles. The van der Waals surface area contributed by atoms with Crippen LogP contribution in [0.25, 0.3) is 0 Å². The van der Waals surface area contributed by atoms with E-state index in [4.69, 9.17) is 4.74 Å². The molecule has 1 fully saturated rings. The van der Waals surface area contributed by atoms with E-state index in [1.807, 2.05) is 0 Å². The molecule has 0 saturated carbocycles. The van der Waals surface area contributed by atoms with Crippen molar-refractivity contribution in [1.82, 2.24) is 20.2 Å². The van der Waals surface area contributed by atoms with Gasteiger partial charge in [-0.2, -0.15) is 0 Å². The normalized spacial score (nSPS) is 19.4. The third-order valence-corrected chi connectivity index (χ3v) is 3.88. The van der Waals surface area contributed by atoms with Crippen LogP contribution in [0.3, 0.4) is 0 Å². The third-order valence-electron chi connectivity index (χ3n) is 3.13. The van der Waals surface area contributed by atoms with Crippen LogP contribution in [0.2, 0.25) is 0 Å². The van der Waals surface area contributed by atoms with Crippen LogP contribution in [-0.4, -0.2) is 39.9 Å². The number of nitrogens with zero attached hydrogens (tertiary/aromatic N) is 5. The molecule has 0 aromatic carbocycles. The lowest BCUT2D eigenvalue weighted by molar-refractivity contribution is 0.214. The number of ether oxygens (including phenoxy) is 1. The van der Waals surface area contributed by atoms with Gasteiger partial charge in [-0.1, -0.05) is 11.3 Å². The largest absolute Gasteiger partial charge is 0.463 e. The fourth-order valence-electron chi connectivity index (χ4n) is 2.23. The van der Waals surface area contributed by atoms with E-state index in [2.05, 4.69) is 25.1 Å². The van der Waals surface area contributed by atoms with Gasteiger partial charge in [-0.05, 0) is 18.9 Å². The van der Waals surface area contributed by atoms with Crippen molar-refractivity contribution >= 4 is 16.5 Å². The summed E-state index contributed by atoms with van der Waals surface area (Å²) in [7, 11) is 0. The summed E-state index contributed by atoms with van der Waals surface area (Å²) in [6.07, 6.45) is 5.71. The van der Waals surface area contributed by atoms with Crippen molar-refractivity contribution in [3.05, 3.63) is 24.0 Å². The van der Waals surface area contributed by atoms with Crippen molar-refractivity contribution in [1.29, 1.82) is 0 Å². The summed E-state index contributed by atoms with van der Waals surface area (Å²) in [6.45, 7) is 2.66. The summed E-state index contributed by atoms with van der Waals surface area (Å²) in [6, 6.07) is 2.24. The zero-order valence-electron chi connectivity index (χ0n) is 10.5. The van der Waals surface area contributed by atoms with Crippen molar-refractivity contribution in [2.75, 3.05) is 24.6 Å². The van der Waals surface area contributed by atoms with Gasteiger partial charge in [-0.15, -0.1) is 10.2 Å². The third kappa shape index (κ3) is 3.17. The van der Waals surface area contributed by atoms with Gasteiger partial charge in [-0.3, -0.25) is 0 Å². The summed E-state index contributed by atoms with van der Waals surface area (Å²) in [4.78, 5) is 10.4. The van der Waals surface area contributed by atoms with Gasteiger partial charge in [-0.25, -0.2) is 9.97 Å². The average molecular weight is 277 g/mol. The van der Waals surface area contributed by atoms with Crippen LogP contribution in [0, 0.1) is 5.92 Å². The molecule has 1 atom stereocenters. The Balaban J connectivity index is 1.54. The molecule has 3 rings (SSSR count). The summed E-state index contributed by atoms with van der Waals surface area (Å²) >= 11 is 1.58. The minimum absolute atomic E-state index is 0.454. The van der Waals surface area contributed by atoms with Crippen LogP contribution in [0.1, 0.15) is 12.8 Å². The molecule has 0 bridgehead atoms. The van der Waals surface area contributed by atoms with E-state index in [0.29, 0.717) is 18.5 Å². The lowest BCUT2D eigenvalue weighted by Gasteiger charge is -2.31. The SMILES string of the molecule is c1cnc(OCC2CCCN(c3nncs3)C2)nc1. The first-order valence-electron chi connectivity index (χ1n) is 6.33. The molecule has 2 aromatic rings. The highest BCUT2D eigenvalue weighted by molar-refractivity contribution is 7.13. The van der Waals surface area contributed by atoms with E-state index >= 15 is 0 Å². The standard InChI is InChI=1S/C12H15N5OS/c1-3-10(8-18-11-13-4-2-5-14-11)7-17(6-1)12-16-15-9-19-12/h2,4-5,9-10H,1,3,6-8H2. The molecule has 0 radical (unpaired) electrons. The van der Waals surface area contributed by atoms with Crippen molar-refractivity contribution in [2.45, 2.75) is 12.8 Å². The monoisotopic (exact) mass is 277 g/mol. The van der Waals surface area contributed by atoms with Crippen LogP contribution >= 0.6 is 11.3 Å². The molecule has 0 N–H and O–H groups in total. The summed E-state index contributed by atoms with van der Waals surface area (Å²) in [5, 5.41) is 9.01. The van der Waals surface area contributed by atoms with Crippen molar-refractivity contribution in [3.63, 3.8) is 0 Å². The van der Waals surface area contributed by atoms with Gasteiger partial charge in [0.25, 0.3) is 0 Å². The van der Waals surface area contributed by atoms with Crippen LogP contribution in [0.4, 0.5) is 5.13 Å². The highest BCUT2D eigenvalue weighted by atomic mass is 32.1. The lowest BCUT2D eigenvalue weighted by atomic mass is 9.99. The second kappa shape index (κ2) is 5.92. The number of aromatic nitrogens is 4. The second-order valence-corrected chi connectivity index (χ2v) is 5.33. The van der Waals surface area contributed by atoms with Crippen LogP contribution < -0.4 is 9.64 Å². The molecule has 0 aliphatic carbocycles. The zero-order chi connectivity index (χ0) is 12.9. The Morgan fingerprint density at radius 2 is 2.26 bits per heavy atom. The van der Waals surface area contributed by atoms with Crippen LogP contribution in [0.5, 0.6) is 6.01 Å². The number of piperidine rings is 1. The molecule has 7 heteroatoms. The van der Waals surface area contributed by atoms with Gasteiger partial charge in [0.15, 0.2) is 0 Å². The summed E-state index contributed by atoms with van der Waals surface area (Å²) in [5.74, 6) is 0.487. The zero-order valence-corrected chi connectivity index (χ0v) is 11.3. The molecule has 0 amide bonds. The van der Waals surface area contributed by atoms with E-state index in [1.165, 1.54) is 6.42 Å². The minimum atomic E-state index is 0.454. The van der Waals surface area contributed by atoms with Crippen molar-refractivity contribution in [2.24, 2.45) is 5.92 Å². The van der Waals surface area contributed by atoms with Gasteiger partial charge in [0, 0.05) is 31.4 Å². The quantitative estimate of drug-likeness (QED) is 0.846. The maximum atomic E-state index is 5.63. The highest BCUT2D eigenvalue weighted by Gasteiger charge is 2.22. The molecule has 6 nitrogen and oxygen atoms in total. The lowest BCUT2D eigenvalue weighted by Crippen LogP contribution is -2.37. The van der Waals surface area contributed by atoms with Crippen LogP contribution in [0.15, 0.2) is 24.0 Å². The van der Waals surface area contributed by atoms with Crippen LogP contribution in [-0.2, 0) is 0 Å². The minimum Gasteiger partial charge on any atom is -0.463 e. The topological polar surface area (TPSA) is 64.0 Å². The van der Waals surface area contributed by atoms with Crippen molar-refractivity contribution < 1.29 is 4.74 Å². The smallest absolute Gasteiger partial charge is 0.316 e. The number of anilines is 1. The molecule has 0 spiro atoms. The molecule has 1 aliphatic heterocycles. The highest BCUT2D eigenvalue weighted by Crippen LogP contribution is 2.24. The number of hydrogen-bond donors (Lipinski definition) is 0. The second-order valence-electron chi connectivity index (χ2n) is 4.52. The Kier molecular flexibility index (Phi) is 3.83. The predicted molar refractivity (Wildman–Crippen MR) is 72.4 cm³/mol. The van der Waals surface area contributed by atoms with Gasteiger partial charge < -0.3 is 9.64 Å². The Morgan fingerprint density at radius 3 is 3.05 bits per heavy atom. The Hall–Kier alpha value is -1.76. The van der Waals surface area contributed by atoms with E-state index in [-0.39, 0.29) is 0 Å². The van der Waals surface area contributed by atoms with Gasteiger partial charge in [0.05, 0.1) is 6.61 Å². The Bertz CT molecular complexity index is 492. The summed E-state index contributed by atoms with van der Waals surface area (Å²) < 4.78 is 5.63. The number of hydrogen-bond acceptors (Lipinski definition) is 7. The van der Waals surface area contributed by atoms with Gasteiger partial charge in [0.2, 0.25) is 5.13 Å². The molecule has 19 heavy (non-hydrogen) atoms. The molecule has 1 unspecified atom stereocenters. The first-order chi connectivity index (χ1) is 9.42. The Morgan fingerprint density at radius 1 is 1.37 bits per heavy atom. The number of rotatable bonds is 4. The maximum Gasteiger partial charge on any atom is 0.316 e. The summed E-state index contributed by atoms with van der Waals surface area (Å²) in [5.41, 5.74) is 1.77. The molecular formula is C12H15N5OS. The molecule has 1 saturated heterocycles. The van der Waals surface area contributed by atoms with E-state index in [9.17, 15) is 0 Å². The van der Waals surface area contributed by atoms with E-state index in [0.717, 1.165) is 24.6 Å². The molecule has 2 aromatic heterocycles. The maximum absolute atomic E-state index is 5.63. The predicted octanol–water partition coefficient (Wildman–Crippen LogP) is 1.62. The fraction of sp³-hybridized carbons (Fsp3) is 0.500. The Labute approximate surface area is 115 Å². The van der Waals surface area contributed by atoms with Crippen molar-refractivity contribution in [3.8, 4) is 6.01 Å². The average Bonchev–Trinajstić information content (AvgIpc) is 3.01. The molecule has 1 aliphatic rings.